The molecule has 1 saturated heterocycles. The number of pyridine rings is 1. The first-order valence-electron chi connectivity index (χ1n) is 8.05. The maximum atomic E-state index is 4.82. The summed E-state index contributed by atoms with van der Waals surface area (Å²) < 4.78 is 0. The minimum Gasteiger partial charge on any atom is -0.355 e. The van der Waals surface area contributed by atoms with Gasteiger partial charge < -0.3 is 15.1 Å². The van der Waals surface area contributed by atoms with E-state index < -0.39 is 0 Å². The third-order valence-electron chi connectivity index (χ3n) is 4.21. The molecule has 0 spiro atoms. The van der Waals surface area contributed by atoms with Gasteiger partial charge in [0.1, 0.15) is 5.82 Å². The highest BCUT2D eigenvalue weighted by Gasteiger charge is 2.31. The summed E-state index contributed by atoms with van der Waals surface area (Å²) in [7, 11) is 4.34. The molecule has 2 atom stereocenters. The molecule has 1 aromatic rings. The molecule has 118 valence electrons. The maximum Gasteiger partial charge on any atom is 0.128 e. The van der Waals surface area contributed by atoms with E-state index in [9.17, 15) is 0 Å². The molecular weight excluding hydrogens is 260 g/mol. The average Bonchev–Trinajstić information content (AvgIpc) is 2.81. The Balaban J connectivity index is 1.98. The van der Waals surface area contributed by atoms with Gasteiger partial charge in [0.2, 0.25) is 0 Å². The van der Waals surface area contributed by atoms with Crippen molar-refractivity contribution in [1.82, 2.24) is 15.2 Å². The predicted octanol–water partition coefficient (Wildman–Crippen LogP) is 2.21. The summed E-state index contributed by atoms with van der Waals surface area (Å²) in [6.45, 7) is 10.8. The number of likely N-dealkylation sites (N-methyl/N-ethyl adjacent to an activating group) is 1. The van der Waals surface area contributed by atoms with Crippen LogP contribution in [0.5, 0.6) is 0 Å². The Morgan fingerprint density at radius 1 is 1.33 bits per heavy atom. The first-order chi connectivity index (χ1) is 9.97. The van der Waals surface area contributed by atoms with E-state index in [-0.39, 0.29) is 0 Å². The molecule has 0 saturated carbocycles. The number of nitrogens with zero attached hydrogens (tertiary/aromatic N) is 3. The zero-order valence-corrected chi connectivity index (χ0v) is 14.1. The minimum atomic E-state index is 0.620. The summed E-state index contributed by atoms with van der Waals surface area (Å²) in [5, 5.41) is 3.47. The van der Waals surface area contributed by atoms with E-state index in [2.05, 4.69) is 68.2 Å². The second-order valence-electron chi connectivity index (χ2n) is 6.93. The van der Waals surface area contributed by atoms with Crippen molar-refractivity contribution in [3.05, 3.63) is 23.9 Å². The highest BCUT2D eigenvalue weighted by molar-refractivity contribution is 5.41. The van der Waals surface area contributed by atoms with Gasteiger partial charge >= 0.3 is 0 Å². The van der Waals surface area contributed by atoms with Crippen LogP contribution in [0.2, 0.25) is 0 Å². The van der Waals surface area contributed by atoms with Gasteiger partial charge in [-0.1, -0.05) is 26.8 Å². The normalized spacial score (nSPS) is 22.5. The molecule has 1 aromatic heterocycles. The number of hydrogen-bond donors (Lipinski definition) is 1. The zero-order valence-electron chi connectivity index (χ0n) is 14.1. The molecule has 21 heavy (non-hydrogen) atoms. The molecule has 1 N–H and O–H groups in total. The van der Waals surface area contributed by atoms with E-state index in [0.717, 1.165) is 37.7 Å². The number of anilines is 1. The largest absolute Gasteiger partial charge is 0.355 e. The fraction of sp³-hybridized carbons (Fsp3) is 0.706. The molecule has 2 unspecified atom stereocenters. The van der Waals surface area contributed by atoms with Crippen LogP contribution < -0.4 is 10.2 Å². The Labute approximate surface area is 129 Å². The van der Waals surface area contributed by atoms with Crippen molar-refractivity contribution in [3.8, 4) is 0 Å². The Kier molecular flexibility index (Phi) is 5.59. The minimum absolute atomic E-state index is 0.620. The molecule has 2 heterocycles. The third kappa shape index (κ3) is 4.42. The fourth-order valence-corrected chi connectivity index (χ4v) is 3.04. The molecule has 0 aromatic carbocycles. The molecular formula is C17H30N4. The van der Waals surface area contributed by atoms with Crippen LogP contribution in [0.3, 0.4) is 0 Å². The zero-order chi connectivity index (χ0) is 15.4. The van der Waals surface area contributed by atoms with Crippen LogP contribution >= 0.6 is 0 Å². The van der Waals surface area contributed by atoms with Crippen LogP contribution in [0.15, 0.2) is 18.2 Å². The van der Waals surface area contributed by atoms with Gasteiger partial charge in [0, 0.05) is 25.7 Å². The maximum absolute atomic E-state index is 4.82. The summed E-state index contributed by atoms with van der Waals surface area (Å²) in [4.78, 5) is 9.57. The van der Waals surface area contributed by atoms with Crippen molar-refractivity contribution >= 4 is 5.82 Å². The molecule has 0 amide bonds. The van der Waals surface area contributed by atoms with Gasteiger partial charge in [-0.15, -0.1) is 0 Å². The quantitative estimate of drug-likeness (QED) is 0.870. The molecule has 2 rings (SSSR count). The first kappa shape index (κ1) is 16.2. The first-order valence-corrected chi connectivity index (χ1v) is 8.05. The van der Waals surface area contributed by atoms with Crippen molar-refractivity contribution in [1.29, 1.82) is 0 Å². The van der Waals surface area contributed by atoms with Gasteiger partial charge in [0.05, 0.1) is 5.69 Å². The molecule has 4 heteroatoms. The Hall–Kier alpha value is -1.13. The van der Waals surface area contributed by atoms with Gasteiger partial charge in [-0.05, 0) is 44.6 Å². The van der Waals surface area contributed by atoms with E-state index in [1.165, 1.54) is 0 Å². The van der Waals surface area contributed by atoms with Crippen LogP contribution in [0, 0.1) is 11.8 Å². The SMILES string of the molecule is CC(C)CNCc1cccc(N2CC(C)C(N(C)C)C2)n1. The van der Waals surface area contributed by atoms with Gasteiger partial charge in [0.15, 0.2) is 0 Å². The molecule has 0 bridgehead atoms. The number of hydrogen-bond acceptors (Lipinski definition) is 4. The van der Waals surface area contributed by atoms with E-state index in [1.807, 2.05) is 0 Å². The molecule has 1 aliphatic rings. The monoisotopic (exact) mass is 290 g/mol. The van der Waals surface area contributed by atoms with Crippen LogP contribution in [0.1, 0.15) is 26.5 Å². The lowest BCUT2D eigenvalue weighted by Gasteiger charge is -2.22. The van der Waals surface area contributed by atoms with Crippen molar-refractivity contribution in [2.75, 3.05) is 38.6 Å². The number of aromatic nitrogens is 1. The van der Waals surface area contributed by atoms with E-state index in [4.69, 9.17) is 4.98 Å². The highest BCUT2D eigenvalue weighted by Crippen LogP contribution is 2.24. The van der Waals surface area contributed by atoms with Crippen molar-refractivity contribution < 1.29 is 0 Å². The average molecular weight is 290 g/mol. The van der Waals surface area contributed by atoms with Crippen molar-refractivity contribution in [3.63, 3.8) is 0 Å². The summed E-state index contributed by atoms with van der Waals surface area (Å²) in [6.07, 6.45) is 0. The summed E-state index contributed by atoms with van der Waals surface area (Å²) in [5.41, 5.74) is 1.13. The smallest absolute Gasteiger partial charge is 0.128 e. The van der Waals surface area contributed by atoms with Gasteiger partial charge in [-0.25, -0.2) is 4.98 Å². The Bertz CT molecular complexity index is 444. The lowest BCUT2D eigenvalue weighted by molar-refractivity contribution is 0.266. The van der Waals surface area contributed by atoms with E-state index in [1.54, 1.807) is 0 Å². The number of nitrogens with one attached hydrogen (secondary N) is 1. The van der Waals surface area contributed by atoms with Crippen LogP contribution in [0.4, 0.5) is 5.82 Å². The summed E-state index contributed by atoms with van der Waals surface area (Å²) >= 11 is 0. The van der Waals surface area contributed by atoms with Gasteiger partial charge in [0.25, 0.3) is 0 Å². The molecule has 0 aliphatic carbocycles. The van der Waals surface area contributed by atoms with Gasteiger partial charge in [-0.3, -0.25) is 0 Å². The standard InChI is InChI=1S/C17H30N4/c1-13(2)9-18-10-15-7-6-8-17(19-15)21-11-14(3)16(12-21)20(4)5/h6-8,13-14,16,18H,9-12H2,1-5H3. The highest BCUT2D eigenvalue weighted by atomic mass is 15.3. The molecule has 0 radical (unpaired) electrons. The second kappa shape index (κ2) is 7.23. The predicted molar refractivity (Wildman–Crippen MR) is 89.6 cm³/mol. The fourth-order valence-electron chi connectivity index (χ4n) is 3.04. The van der Waals surface area contributed by atoms with Crippen LogP contribution in [-0.4, -0.2) is 49.7 Å². The lowest BCUT2D eigenvalue weighted by Crippen LogP contribution is -2.34. The third-order valence-corrected chi connectivity index (χ3v) is 4.21. The summed E-state index contributed by atoms with van der Waals surface area (Å²) in [5.74, 6) is 2.48. The van der Waals surface area contributed by atoms with E-state index in [0.29, 0.717) is 17.9 Å². The topological polar surface area (TPSA) is 31.4 Å². The summed E-state index contributed by atoms with van der Waals surface area (Å²) in [6, 6.07) is 6.99. The molecule has 1 aliphatic heterocycles. The van der Waals surface area contributed by atoms with Crippen LogP contribution in [-0.2, 0) is 6.54 Å². The van der Waals surface area contributed by atoms with Crippen molar-refractivity contribution in [2.45, 2.75) is 33.4 Å². The Morgan fingerprint density at radius 3 is 2.71 bits per heavy atom. The van der Waals surface area contributed by atoms with Gasteiger partial charge in [-0.2, -0.15) is 0 Å². The molecule has 1 fully saturated rings. The van der Waals surface area contributed by atoms with Crippen LogP contribution in [0.25, 0.3) is 0 Å². The van der Waals surface area contributed by atoms with E-state index >= 15 is 0 Å². The molecule has 4 nitrogen and oxygen atoms in total. The van der Waals surface area contributed by atoms with Crippen molar-refractivity contribution in [2.24, 2.45) is 11.8 Å². The number of rotatable bonds is 6. The Morgan fingerprint density at radius 2 is 2.10 bits per heavy atom. The second-order valence-corrected chi connectivity index (χ2v) is 6.93. The lowest BCUT2D eigenvalue weighted by atomic mass is 10.1.